The van der Waals surface area contributed by atoms with Crippen LogP contribution in [0, 0.1) is 13.8 Å². The lowest BCUT2D eigenvalue weighted by molar-refractivity contribution is -0.118. The van der Waals surface area contributed by atoms with E-state index in [1.165, 1.54) is 11.3 Å². The number of aryl methyl sites for hydroxylation is 1. The summed E-state index contributed by atoms with van der Waals surface area (Å²) >= 11 is 4.77. The highest BCUT2D eigenvalue weighted by Gasteiger charge is 2.19. The van der Waals surface area contributed by atoms with Crippen molar-refractivity contribution in [2.24, 2.45) is 5.73 Å². The molecule has 0 aliphatic carbocycles. The van der Waals surface area contributed by atoms with E-state index in [-0.39, 0.29) is 12.5 Å². The summed E-state index contributed by atoms with van der Waals surface area (Å²) in [5.74, 6) is -0.294. The number of ether oxygens (including phenoxy) is 1. The Labute approximate surface area is 163 Å². The predicted molar refractivity (Wildman–Crippen MR) is 108 cm³/mol. The molecule has 2 aromatic carbocycles. The lowest BCUT2D eigenvalue weighted by Crippen LogP contribution is -2.22. The van der Waals surface area contributed by atoms with E-state index in [0.29, 0.717) is 16.3 Å². The smallest absolute Gasteiger partial charge is 0.262 e. The fraction of sp³-hybridized carbons (Fsp3) is 0.158. The third kappa shape index (κ3) is 3.89. The van der Waals surface area contributed by atoms with E-state index >= 15 is 0 Å². The Bertz CT molecular complexity index is 1010. The van der Waals surface area contributed by atoms with Crippen LogP contribution in [-0.2, 0) is 4.79 Å². The first-order valence-corrected chi connectivity index (χ1v) is 9.48. The molecule has 1 heterocycles. The van der Waals surface area contributed by atoms with Crippen molar-refractivity contribution in [3.8, 4) is 5.75 Å². The molecule has 0 aliphatic rings. The number of primary amides is 1. The fourth-order valence-corrected chi connectivity index (χ4v) is 4.07. The maximum absolute atomic E-state index is 12.2. The van der Waals surface area contributed by atoms with Crippen molar-refractivity contribution in [3.05, 3.63) is 56.9 Å². The monoisotopic (exact) mass is 432 g/mol. The summed E-state index contributed by atoms with van der Waals surface area (Å²) in [4.78, 5) is 24.8. The Kier molecular flexibility index (Phi) is 5.29. The summed E-state index contributed by atoms with van der Waals surface area (Å²) < 4.78 is 6.58. The number of nitrogens with two attached hydrogens (primary N) is 1. The minimum Gasteiger partial charge on any atom is -0.484 e. The van der Waals surface area contributed by atoms with Crippen LogP contribution in [0.25, 0.3) is 10.8 Å². The first-order valence-electron chi connectivity index (χ1n) is 7.87. The molecule has 1 aromatic heterocycles. The molecule has 0 fully saturated rings. The van der Waals surface area contributed by atoms with Gasteiger partial charge in [-0.3, -0.25) is 9.59 Å². The Balaban J connectivity index is 1.69. The van der Waals surface area contributed by atoms with E-state index in [0.717, 1.165) is 25.7 Å². The number of hydrogen-bond acceptors (Lipinski definition) is 4. The van der Waals surface area contributed by atoms with Crippen LogP contribution in [0.4, 0.5) is 5.00 Å². The van der Waals surface area contributed by atoms with Crippen LogP contribution in [0.15, 0.2) is 40.9 Å². The number of amides is 2. The normalized spacial score (nSPS) is 10.7. The molecule has 0 bridgehead atoms. The number of halogens is 1. The van der Waals surface area contributed by atoms with Gasteiger partial charge in [-0.15, -0.1) is 11.3 Å². The Morgan fingerprint density at radius 3 is 2.58 bits per heavy atom. The summed E-state index contributed by atoms with van der Waals surface area (Å²) in [5, 5.41) is 5.27. The van der Waals surface area contributed by atoms with Gasteiger partial charge in [-0.05, 0) is 54.4 Å². The van der Waals surface area contributed by atoms with Gasteiger partial charge in [0.25, 0.3) is 11.8 Å². The van der Waals surface area contributed by atoms with E-state index in [4.69, 9.17) is 10.5 Å². The van der Waals surface area contributed by atoms with Gasteiger partial charge >= 0.3 is 0 Å². The summed E-state index contributed by atoms with van der Waals surface area (Å²) in [6, 6.07) is 11.6. The minimum atomic E-state index is -0.552. The summed E-state index contributed by atoms with van der Waals surface area (Å²) in [5.41, 5.74) is 6.56. The standard InChI is InChI=1S/C19H17BrN2O3S/c1-10-11(2)26-19(17(10)18(21)24)22-16(23)9-25-15-6-4-12-7-14(20)5-3-13(12)8-15/h3-8H,9H2,1-2H3,(H2,21,24)(H,22,23). The van der Waals surface area contributed by atoms with Gasteiger partial charge in [-0.25, -0.2) is 0 Å². The summed E-state index contributed by atoms with van der Waals surface area (Å²) in [6.45, 7) is 3.54. The summed E-state index contributed by atoms with van der Waals surface area (Å²) in [7, 11) is 0. The second-order valence-electron chi connectivity index (χ2n) is 5.84. The van der Waals surface area contributed by atoms with Crippen molar-refractivity contribution in [1.29, 1.82) is 0 Å². The highest BCUT2D eigenvalue weighted by atomic mass is 79.9. The van der Waals surface area contributed by atoms with Crippen LogP contribution in [0.5, 0.6) is 5.75 Å². The van der Waals surface area contributed by atoms with Crippen LogP contribution in [0.2, 0.25) is 0 Å². The molecule has 0 spiro atoms. The van der Waals surface area contributed by atoms with Gasteiger partial charge in [-0.1, -0.05) is 28.1 Å². The third-order valence-corrected chi connectivity index (χ3v) is 5.64. The molecule has 5 nitrogen and oxygen atoms in total. The molecule has 0 saturated heterocycles. The average Bonchev–Trinajstić information content (AvgIpc) is 2.86. The maximum atomic E-state index is 12.2. The highest BCUT2D eigenvalue weighted by molar-refractivity contribution is 9.10. The highest BCUT2D eigenvalue weighted by Crippen LogP contribution is 2.32. The van der Waals surface area contributed by atoms with Crippen LogP contribution in [0.3, 0.4) is 0 Å². The Hall–Kier alpha value is -2.38. The van der Waals surface area contributed by atoms with Crippen molar-refractivity contribution < 1.29 is 14.3 Å². The number of fused-ring (bicyclic) bond motifs is 1. The second kappa shape index (κ2) is 7.47. The molecule has 7 heteroatoms. The number of thiophene rings is 1. The van der Waals surface area contributed by atoms with Crippen LogP contribution in [-0.4, -0.2) is 18.4 Å². The van der Waals surface area contributed by atoms with Gasteiger partial charge in [0, 0.05) is 9.35 Å². The number of nitrogens with one attached hydrogen (secondary N) is 1. The number of carbonyl (C=O) groups is 2. The molecule has 0 atom stereocenters. The summed E-state index contributed by atoms with van der Waals surface area (Å²) in [6.07, 6.45) is 0. The van der Waals surface area contributed by atoms with Gasteiger partial charge in [0.2, 0.25) is 0 Å². The van der Waals surface area contributed by atoms with Crippen molar-refractivity contribution >= 4 is 54.9 Å². The predicted octanol–water partition coefficient (Wildman–Crippen LogP) is 4.40. The van der Waals surface area contributed by atoms with E-state index in [2.05, 4.69) is 21.2 Å². The number of benzene rings is 2. The Morgan fingerprint density at radius 2 is 1.85 bits per heavy atom. The lowest BCUT2D eigenvalue weighted by atomic mass is 10.1. The Morgan fingerprint density at radius 1 is 1.15 bits per heavy atom. The number of anilines is 1. The van der Waals surface area contributed by atoms with Gasteiger partial charge < -0.3 is 15.8 Å². The molecule has 0 radical (unpaired) electrons. The molecule has 0 aliphatic heterocycles. The van der Waals surface area contributed by atoms with Gasteiger partial charge in [0.05, 0.1) is 5.56 Å². The van der Waals surface area contributed by atoms with E-state index < -0.39 is 5.91 Å². The zero-order chi connectivity index (χ0) is 18.8. The zero-order valence-electron chi connectivity index (χ0n) is 14.3. The molecule has 0 unspecified atom stereocenters. The van der Waals surface area contributed by atoms with Gasteiger partial charge in [0.15, 0.2) is 6.61 Å². The molecular weight excluding hydrogens is 416 g/mol. The van der Waals surface area contributed by atoms with Crippen LogP contribution < -0.4 is 15.8 Å². The van der Waals surface area contributed by atoms with Gasteiger partial charge in [-0.2, -0.15) is 0 Å². The first-order chi connectivity index (χ1) is 12.3. The van der Waals surface area contributed by atoms with Crippen LogP contribution in [0.1, 0.15) is 20.8 Å². The number of carbonyl (C=O) groups excluding carboxylic acids is 2. The van der Waals surface area contributed by atoms with Crippen molar-refractivity contribution in [2.45, 2.75) is 13.8 Å². The molecule has 3 aromatic rings. The first kappa shape index (κ1) is 18.4. The zero-order valence-corrected chi connectivity index (χ0v) is 16.7. The van der Waals surface area contributed by atoms with E-state index in [9.17, 15) is 9.59 Å². The molecular formula is C19H17BrN2O3S. The average molecular weight is 433 g/mol. The molecule has 3 N–H and O–H groups in total. The van der Waals surface area contributed by atoms with E-state index in [1.54, 1.807) is 0 Å². The molecule has 3 rings (SSSR count). The largest absolute Gasteiger partial charge is 0.484 e. The number of rotatable bonds is 5. The van der Waals surface area contributed by atoms with Crippen molar-refractivity contribution in [1.82, 2.24) is 0 Å². The lowest BCUT2D eigenvalue weighted by Gasteiger charge is -2.08. The van der Waals surface area contributed by atoms with E-state index in [1.807, 2.05) is 50.2 Å². The topological polar surface area (TPSA) is 81.4 Å². The van der Waals surface area contributed by atoms with Crippen molar-refractivity contribution in [2.75, 3.05) is 11.9 Å². The van der Waals surface area contributed by atoms with Crippen molar-refractivity contribution in [3.63, 3.8) is 0 Å². The van der Waals surface area contributed by atoms with Crippen LogP contribution >= 0.6 is 27.3 Å². The molecule has 134 valence electrons. The maximum Gasteiger partial charge on any atom is 0.262 e. The molecule has 0 saturated carbocycles. The molecule has 2 amide bonds. The SMILES string of the molecule is Cc1sc(NC(=O)COc2ccc3cc(Br)ccc3c2)c(C(N)=O)c1C. The quantitative estimate of drug-likeness (QED) is 0.626. The minimum absolute atomic E-state index is 0.157. The van der Waals surface area contributed by atoms with Gasteiger partial charge in [0.1, 0.15) is 10.8 Å². The second-order valence-corrected chi connectivity index (χ2v) is 7.98. The fourth-order valence-electron chi connectivity index (χ4n) is 2.61. The third-order valence-electron chi connectivity index (χ3n) is 4.03. The number of hydrogen-bond donors (Lipinski definition) is 2. The molecule has 26 heavy (non-hydrogen) atoms.